The van der Waals surface area contributed by atoms with Crippen LogP contribution in [0.3, 0.4) is 0 Å². The number of carbonyl (C=O) groups excluding carboxylic acids is 2. The molecule has 3 rings (SSSR count). The molecule has 2 aromatic carbocycles. The number of primary sulfonamides is 1. The number of nitrogens with zero attached hydrogens (tertiary/aromatic N) is 1. The van der Waals surface area contributed by atoms with Crippen molar-refractivity contribution in [2.24, 2.45) is 5.14 Å². The zero-order valence-electron chi connectivity index (χ0n) is 17.4. The molecule has 0 aromatic heterocycles. The van der Waals surface area contributed by atoms with E-state index in [9.17, 15) is 18.0 Å². The number of hydrogen-bond acceptors (Lipinski definition) is 5. The molecule has 1 aliphatic heterocycles. The number of rotatable bonds is 7. The predicted octanol–water partition coefficient (Wildman–Crippen LogP) is 2.18. The van der Waals surface area contributed by atoms with E-state index in [0.29, 0.717) is 25.9 Å². The standard InChI is InChI=1S/C22H27N3O5S/c1-22(13-5-15-25(22)21(27)30-16-18-6-3-2-4-7-18)20(26)24-14-12-17-8-10-19(11-9-17)31(23,28)29/h2-4,6-11H,5,12-16H2,1H3,(H,24,26)(H2,23,28,29). The van der Waals surface area contributed by atoms with Crippen molar-refractivity contribution in [1.29, 1.82) is 0 Å². The van der Waals surface area contributed by atoms with Crippen molar-refractivity contribution in [3.8, 4) is 0 Å². The molecule has 3 N–H and O–H groups in total. The number of sulfonamides is 1. The van der Waals surface area contributed by atoms with Gasteiger partial charge in [0, 0.05) is 13.1 Å². The number of nitrogens with two attached hydrogens (primary N) is 1. The van der Waals surface area contributed by atoms with Crippen LogP contribution in [0.4, 0.5) is 4.79 Å². The monoisotopic (exact) mass is 445 g/mol. The number of likely N-dealkylation sites (tertiary alicyclic amines) is 1. The first kappa shape index (κ1) is 22.8. The minimum atomic E-state index is -3.73. The highest BCUT2D eigenvalue weighted by Gasteiger charge is 2.46. The summed E-state index contributed by atoms with van der Waals surface area (Å²) in [5.74, 6) is -0.234. The van der Waals surface area contributed by atoms with Gasteiger partial charge in [0.2, 0.25) is 15.9 Å². The van der Waals surface area contributed by atoms with Crippen molar-refractivity contribution in [3.63, 3.8) is 0 Å². The summed E-state index contributed by atoms with van der Waals surface area (Å²) in [4.78, 5) is 27.0. The van der Waals surface area contributed by atoms with Crippen LogP contribution in [0.2, 0.25) is 0 Å². The third-order valence-corrected chi connectivity index (χ3v) is 6.44. The Morgan fingerprint density at radius 2 is 1.77 bits per heavy atom. The van der Waals surface area contributed by atoms with Crippen LogP contribution in [0, 0.1) is 0 Å². The molecule has 1 unspecified atom stereocenters. The number of amides is 2. The molecule has 166 valence electrons. The molecule has 2 aromatic rings. The van der Waals surface area contributed by atoms with Gasteiger partial charge in [-0.3, -0.25) is 9.69 Å². The summed E-state index contributed by atoms with van der Waals surface area (Å²) in [5, 5.41) is 7.98. The molecule has 0 saturated carbocycles. The zero-order chi connectivity index (χ0) is 22.5. The van der Waals surface area contributed by atoms with Crippen molar-refractivity contribution in [2.75, 3.05) is 13.1 Å². The van der Waals surface area contributed by atoms with Crippen molar-refractivity contribution < 1.29 is 22.7 Å². The van der Waals surface area contributed by atoms with Crippen LogP contribution in [0.15, 0.2) is 59.5 Å². The lowest BCUT2D eigenvalue weighted by Crippen LogP contribution is -2.55. The van der Waals surface area contributed by atoms with E-state index in [0.717, 1.165) is 17.5 Å². The quantitative estimate of drug-likeness (QED) is 0.677. The highest BCUT2D eigenvalue weighted by Crippen LogP contribution is 2.30. The van der Waals surface area contributed by atoms with Crippen molar-refractivity contribution in [2.45, 2.75) is 43.2 Å². The van der Waals surface area contributed by atoms with Gasteiger partial charge in [-0.2, -0.15) is 0 Å². The Labute approximate surface area is 182 Å². The molecule has 2 amide bonds. The summed E-state index contributed by atoms with van der Waals surface area (Å²) in [6.45, 7) is 2.73. The van der Waals surface area contributed by atoms with Gasteiger partial charge < -0.3 is 10.1 Å². The van der Waals surface area contributed by atoms with E-state index in [1.165, 1.54) is 17.0 Å². The number of ether oxygens (including phenoxy) is 1. The summed E-state index contributed by atoms with van der Waals surface area (Å²) in [6.07, 6.45) is 1.30. The second kappa shape index (κ2) is 9.49. The second-order valence-electron chi connectivity index (χ2n) is 7.76. The fourth-order valence-electron chi connectivity index (χ4n) is 3.65. The van der Waals surface area contributed by atoms with Crippen LogP contribution in [0.5, 0.6) is 0 Å². The molecule has 0 radical (unpaired) electrons. The van der Waals surface area contributed by atoms with Gasteiger partial charge in [-0.05, 0) is 49.4 Å². The first-order valence-corrected chi connectivity index (χ1v) is 11.6. The van der Waals surface area contributed by atoms with E-state index in [1.807, 2.05) is 30.3 Å². The Hall–Kier alpha value is -2.91. The maximum absolute atomic E-state index is 12.9. The van der Waals surface area contributed by atoms with Crippen LogP contribution in [0.1, 0.15) is 30.9 Å². The molecule has 1 fully saturated rings. The lowest BCUT2D eigenvalue weighted by molar-refractivity contribution is -0.130. The fraction of sp³-hybridized carbons (Fsp3) is 0.364. The Morgan fingerprint density at radius 3 is 2.42 bits per heavy atom. The Kier molecular flexibility index (Phi) is 6.97. The minimum Gasteiger partial charge on any atom is -0.445 e. The van der Waals surface area contributed by atoms with E-state index < -0.39 is 21.7 Å². The van der Waals surface area contributed by atoms with Crippen LogP contribution < -0.4 is 10.5 Å². The fourth-order valence-corrected chi connectivity index (χ4v) is 4.16. The molecule has 9 heteroatoms. The number of hydrogen-bond donors (Lipinski definition) is 2. The third kappa shape index (κ3) is 5.62. The van der Waals surface area contributed by atoms with E-state index in [1.54, 1.807) is 19.1 Å². The lowest BCUT2D eigenvalue weighted by Gasteiger charge is -2.33. The van der Waals surface area contributed by atoms with Gasteiger partial charge in [0.1, 0.15) is 12.1 Å². The lowest BCUT2D eigenvalue weighted by atomic mass is 9.98. The molecular formula is C22H27N3O5S. The summed E-state index contributed by atoms with van der Waals surface area (Å²) >= 11 is 0. The van der Waals surface area contributed by atoms with E-state index in [-0.39, 0.29) is 17.4 Å². The van der Waals surface area contributed by atoms with Gasteiger partial charge in [0.15, 0.2) is 0 Å². The molecule has 1 heterocycles. The summed E-state index contributed by atoms with van der Waals surface area (Å²) in [6, 6.07) is 15.6. The maximum Gasteiger partial charge on any atom is 0.410 e. The van der Waals surface area contributed by atoms with Gasteiger partial charge in [-0.25, -0.2) is 18.4 Å². The summed E-state index contributed by atoms with van der Waals surface area (Å²) in [5.41, 5.74) is 0.781. The molecule has 0 spiro atoms. The normalized spacial score (nSPS) is 18.6. The van der Waals surface area contributed by atoms with Gasteiger partial charge in [0.05, 0.1) is 4.90 Å². The highest BCUT2D eigenvalue weighted by atomic mass is 32.2. The summed E-state index contributed by atoms with van der Waals surface area (Å²) < 4.78 is 28.1. The first-order valence-electron chi connectivity index (χ1n) is 10.1. The van der Waals surface area contributed by atoms with Crippen LogP contribution in [-0.4, -0.2) is 43.9 Å². The van der Waals surface area contributed by atoms with E-state index >= 15 is 0 Å². The Balaban J connectivity index is 1.53. The molecule has 1 atom stereocenters. The highest BCUT2D eigenvalue weighted by molar-refractivity contribution is 7.89. The Bertz CT molecular complexity index is 1020. The minimum absolute atomic E-state index is 0.0448. The van der Waals surface area contributed by atoms with Crippen molar-refractivity contribution in [1.82, 2.24) is 10.2 Å². The first-order chi connectivity index (χ1) is 14.7. The molecule has 0 bridgehead atoms. The average Bonchev–Trinajstić information content (AvgIpc) is 3.15. The predicted molar refractivity (Wildman–Crippen MR) is 116 cm³/mol. The Morgan fingerprint density at radius 1 is 1.10 bits per heavy atom. The summed E-state index contributed by atoms with van der Waals surface area (Å²) in [7, 11) is -3.73. The van der Waals surface area contributed by atoms with Crippen molar-refractivity contribution >= 4 is 22.0 Å². The number of carbonyl (C=O) groups is 2. The van der Waals surface area contributed by atoms with Crippen molar-refractivity contribution in [3.05, 3.63) is 65.7 Å². The van der Waals surface area contributed by atoms with Crippen LogP contribution >= 0.6 is 0 Å². The maximum atomic E-state index is 12.9. The SMILES string of the molecule is CC1(C(=O)NCCc2ccc(S(N)(=O)=O)cc2)CCCN1C(=O)OCc1ccccc1. The van der Waals surface area contributed by atoms with Gasteiger partial charge in [-0.15, -0.1) is 0 Å². The molecule has 31 heavy (non-hydrogen) atoms. The number of benzene rings is 2. The second-order valence-corrected chi connectivity index (χ2v) is 9.33. The molecule has 1 aliphatic rings. The third-order valence-electron chi connectivity index (χ3n) is 5.51. The smallest absolute Gasteiger partial charge is 0.410 e. The van der Waals surface area contributed by atoms with Gasteiger partial charge in [-0.1, -0.05) is 42.5 Å². The molecular weight excluding hydrogens is 418 g/mol. The molecule has 1 saturated heterocycles. The molecule has 8 nitrogen and oxygen atoms in total. The average molecular weight is 446 g/mol. The molecule has 0 aliphatic carbocycles. The van der Waals surface area contributed by atoms with Gasteiger partial charge in [0.25, 0.3) is 0 Å². The topological polar surface area (TPSA) is 119 Å². The van der Waals surface area contributed by atoms with E-state index in [2.05, 4.69) is 5.32 Å². The van der Waals surface area contributed by atoms with Crippen LogP contribution in [0.25, 0.3) is 0 Å². The number of nitrogens with one attached hydrogen (secondary N) is 1. The largest absolute Gasteiger partial charge is 0.445 e. The van der Waals surface area contributed by atoms with E-state index in [4.69, 9.17) is 9.88 Å². The van der Waals surface area contributed by atoms with Crippen LogP contribution in [-0.2, 0) is 32.6 Å². The van der Waals surface area contributed by atoms with Gasteiger partial charge >= 0.3 is 6.09 Å². The zero-order valence-corrected chi connectivity index (χ0v) is 18.2.